The second kappa shape index (κ2) is 2.46. The minimum Gasteiger partial charge on any atom is -0.377 e. The van der Waals surface area contributed by atoms with Crippen molar-refractivity contribution in [3.8, 4) is 0 Å². The molecule has 2 aliphatic heterocycles. The molecule has 0 aromatic heterocycles. The smallest absolute Gasteiger partial charge is 0.0734 e. The van der Waals surface area contributed by atoms with Gasteiger partial charge in [-0.05, 0) is 18.3 Å². The molecule has 2 saturated heterocycles. The molecule has 2 aliphatic rings. The lowest BCUT2D eigenvalue weighted by molar-refractivity contribution is -0.0117. The third-order valence-electron chi connectivity index (χ3n) is 2.96. The van der Waals surface area contributed by atoms with E-state index in [1.54, 1.807) is 0 Å². The van der Waals surface area contributed by atoms with E-state index in [-0.39, 0.29) is 0 Å². The SMILES string of the molecule is CC1(C)CN[C@@H]1[C@H]1CCCO1. The summed E-state index contributed by atoms with van der Waals surface area (Å²) in [5.41, 5.74) is 0.467. The number of nitrogens with one attached hydrogen (secondary N) is 1. The van der Waals surface area contributed by atoms with Crippen LogP contribution in [0.2, 0.25) is 0 Å². The van der Waals surface area contributed by atoms with Crippen molar-refractivity contribution in [1.82, 2.24) is 5.32 Å². The first kappa shape index (κ1) is 7.56. The lowest BCUT2D eigenvalue weighted by atomic mass is 9.74. The lowest BCUT2D eigenvalue weighted by Gasteiger charge is -2.48. The Kier molecular flexibility index (Phi) is 1.69. The standard InChI is InChI=1S/C9H17NO/c1-9(2)6-10-8(9)7-4-3-5-11-7/h7-8,10H,3-6H2,1-2H3/t7-,8-/m1/s1. The normalized spacial score (nSPS) is 42.0. The van der Waals surface area contributed by atoms with Crippen LogP contribution >= 0.6 is 0 Å². The fraction of sp³-hybridized carbons (Fsp3) is 1.00. The first-order valence-corrected chi connectivity index (χ1v) is 4.55. The minimum absolute atomic E-state index is 0.467. The first-order valence-electron chi connectivity index (χ1n) is 4.55. The van der Waals surface area contributed by atoms with Gasteiger partial charge in [0.25, 0.3) is 0 Å². The molecule has 2 nitrogen and oxygen atoms in total. The van der Waals surface area contributed by atoms with Crippen LogP contribution in [0.4, 0.5) is 0 Å². The molecule has 0 saturated carbocycles. The highest BCUT2D eigenvalue weighted by molar-refractivity contribution is 5.01. The molecule has 2 fully saturated rings. The lowest BCUT2D eigenvalue weighted by Crippen LogP contribution is -2.64. The zero-order valence-electron chi connectivity index (χ0n) is 7.39. The summed E-state index contributed by atoms with van der Waals surface area (Å²) < 4.78 is 5.63. The van der Waals surface area contributed by atoms with Gasteiger partial charge in [-0.1, -0.05) is 13.8 Å². The molecule has 2 rings (SSSR count). The molecule has 0 bridgehead atoms. The highest BCUT2D eigenvalue weighted by Crippen LogP contribution is 2.34. The third-order valence-corrected chi connectivity index (χ3v) is 2.96. The summed E-state index contributed by atoms with van der Waals surface area (Å²) in [5.74, 6) is 0. The van der Waals surface area contributed by atoms with Crippen LogP contribution < -0.4 is 5.32 Å². The molecular formula is C9H17NO. The quantitative estimate of drug-likeness (QED) is 0.613. The molecule has 64 valence electrons. The summed E-state index contributed by atoms with van der Waals surface area (Å²) in [7, 11) is 0. The van der Waals surface area contributed by atoms with Crippen molar-refractivity contribution >= 4 is 0 Å². The summed E-state index contributed by atoms with van der Waals surface area (Å²) >= 11 is 0. The van der Waals surface area contributed by atoms with Crippen molar-refractivity contribution in [3.05, 3.63) is 0 Å². The largest absolute Gasteiger partial charge is 0.377 e. The average Bonchev–Trinajstić information content (AvgIpc) is 2.38. The second-order valence-corrected chi connectivity index (χ2v) is 4.40. The number of ether oxygens (including phenoxy) is 1. The van der Waals surface area contributed by atoms with Gasteiger partial charge in [-0.3, -0.25) is 0 Å². The van der Waals surface area contributed by atoms with Crippen molar-refractivity contribution in [1.29, 1.82) is 0 Å². The van der Waals surface area contributed by atoms with E-state index in [0.717, 1.165) is 13.2 Å². The van der Waals surface area contributed by atoms with Crippen molar-refractivity contribution < 1.29 is 4.74 Å². The van der Waals surface area contributed by atoms with Gasteiger partial charge in [-0.2, -0.15) is 0 Å². The second-order valence-electron chi connectivity index (χ2n) is 4.40. The van der Waals surface area contributed by atoms with Crippen molar-refractivity contribution in [2.45, 2.75) is 38.8 Å². The van der Waals surface area contributed by atoms with Crippen molar-refractivity contribution in [2.75, 3.05) is 13.2 Å². The van der Waals surface area contributed by atoms with Crippen LogP contribution in [0.25, 0.3) is 0 Å². The zero-order chi connectivity index (χ0) is 7.90. The van der Waals surface area contributed by atoms with Gasteiger partial charge in [0, 0.05) is 19.2 Å². The van der Waals surface area contributed by atoms with Crippen LogP contribution in [0.5, 0.6) is 0 Å². The zero-order valence-corrected chi connectivity index (χ0v) is 7.39. The van der Waals surface area contributed by atoms with E-state index in [9.17, 15) is 0 Å². The number of hydrogen-bond acceptors (Lipinski definition) is 2. The molecule has 0 aromatic rings. The highest BCUT2D eigenvalue weighted by Gasteiger charge is 2.44. The van der Waals surface area contributed by atoms with Crippen molar-refractivity contribution in [3.63, 3.8) is 0 Å². The molecule has 11 heavy (non-hydrogen) atoms. The molecule has 0 radical (unpaired) electrons. The Hall–Kier alpha value is -0.0800. The molecule has 2 heterocycles. The van der Waals surface area contributed by atoms with Gasteiger partial charge in [-0.25, -0.2) is 0 Å². The Bertz CT molecular complexity index is 150. The van der Waals surface area contributed by atoms with Crippen LogP contribution in [0.3, 0.4) is 0 Å². The van der Waals surface area contributed by atoms with Gasteiger partial charge in [0.05, 0.1) is 6.10 Å². The van der Waals surface area contributed by atoms with Gasteiger partial charge in [0.2, 0.25) is 0 Å². The molecule has 1 N–H and O–H groups in total. The van der Waals surface area contributed by atoms with Crippen LogP contribution in [-0.4, -0.2) is 25.3 Å². The minimum atomic E-state index is 0.467. The highest BCUT2D eigenvalue weighted by atomic mass is 16.5. The summed E-state index contributed by atoms with van der Waals surface area (Å²) in [4.78, 5) is 0. The van der Waals surface area contributed by atoms with Gasteiger partial charge < -0.3 is 10.1 Å². The van der Waals surface area contributed by atoms with Crippen LogP contribution in [0.15, 0.2) is 0 Å². The van der Waals surface area contributed by atoms with E-state index in [2.05, 4.69) is 19.2 Å². The topological polar surface area (TPSA) is 21.3 Å². The fourth-order valence-electron chi connectivity index (χ4n) is 2.13. The molecule has 0 aromatic carbocycles. The van der Waals surface area contributed by atoms with Crippen molar-refractivity contribution in [2.24, 2.45) is 5.41 Å². The average molecular weight is 155 g/mol. The van der Waals surface area contributed by atoms with Gasteiger partial charge in [0.15, 0.2) is 0 Å². The van der Waals surface area contributed by atoms with Gasteiger partial charge >= 0.3 is 0 Å². The summed E-state index contributed by atoms with van der Waals surface area (Å²) in [6.45, 7) is 6.75. The molecule has 2 atom stereocenters. The predicted molar refractivity (Wildman–Crippen MR) is 44.5 cm³/mol. The molecule has 0 amide bonds. The van der Waals surface area contributed by atoms with Crippen LogP contribution in [0, 0.1) is 5.41 Å². The maximum atomic E-state index is 5.63. The van der Waals surface area contributed by atoms with E-state index in [4.69, 9.17) is 4.74 Å². The summed E-state index contributed by atoms with van der Waals surface area (Å²) in [6.07, 6.45) is 3.00. The summed E-state index contributed by atoms with van der Waals surface area (Å²) in [6, 6.07) is 0.616. The van der Waals surface area contributed by atoms with E-state index in [1.807, 2.05) is 0 Å². The maximum Gasteiger partial charge on any atom is 0.0734 e. The Morgan fingerprint density at radius 3 is 2.64 bits per heavy atom. The Labute approximate surface area is 68.3 Å². The van der Waals surface area contributed by atoms with E-state index < -0.39 is 0 Å². The Morgan fingerprint density at radius 2 is 2.27 bits per heavy atom. The van der Waals surface area contributed by atoms with Gasteiger partial charge in [0.1, 0.15) is 0 Å². The maximum absolute atomic E-state index is 5.63. The van der Waals surface area contributed by atoms with E-state index in [1.165, 1.54) is 12.8 Å². The first-order chi connectivity index (χ1) is 5.20. The van der Waals surface area contributed by atoms with Crippen LogP contribution in [0.1, 0.15) is 26.7 Å². The Morgan fingerprint density at radius 1 is 1.45 bits per heavy atom. The molecular weight excluding hydrogens is 138 g/mol. The molecule has 0 unspecified atom stereocenters. The van der Waals surface area contributed by atoms with Gasteiger partial charge in [-0.15, -0.1) is 0 Å². The fourth-order valence-corrected chi connectivity index (χ4v) is 2.13. The van der Waals surface area contributed by atoms with Crippen LogP contribution in [-0.2, 0) is 4.74 Å². The predicted octanol–water partition coefficient (Wildman–Crippen LogP) is 1.16. The third kappa shape index (κ3) is 1.18. The van der Waals surface area contributed by atoms with E-state index in [0.29, 0.717) is 17.6 Å². The Balaban J connectivity index is 1.94. The monoisotopic (exact) mass is 155 g/mol. The molecule has 0 spiro atoms. The molecule has 2 heteroatoms. The molecule has 0 aliphatic carbocycles. The van der Waals surface area contributed by atoms with E-state index >= 15 is 0 Å². The summed E-state index contributed by atoms with van der Waals surface area (Å²) in [5, 5.41) is 3.45. The number of rotatable bonds is 1. The number of hydrogen-bond donors (Lipinski definition) is 1.